The van der Waals surface area contributed by atoms with Crippen molar-refractivity contribution in [3.05, 3.63) is 0 Å². The number of carbonyl (C=O) groups is 1. The third kappa shape index (κ3) is 31.7. The highest BCUT2D eigenvalue weighted by molar-refractivity contribution is 5.81. The molecule has 1 amide bonds. The maximum absolute atomic E-state index is 12.2. The summed E-state index contributed by atoms with van der Waals surface area (Å²) >= 11 is 0. The standard InChI is InChI=1S/C32H70N6O/c1-2-3-4-5-6-7-8-9-10-11-12-13-14-16-24-35-25-17-15-22-31(34)32(39)38-30-21-29-37-27-19-18-26-36-28-20-23-33/h31,35-37H,2-30,33-34H2,1H3,(H,38,39)/t31-/m1/s1. The van der Waals surface area contributed by atoms with Crippen molar-refractivity contribution in [2.24, 2.45) is 11.5 Å². The van der Waals surface area contributed by atoms with E-state index in [1.165, 1.54) is 103 Å². The first kappa shape index (κ1) is 38.3. The Bertz CT molecular complexity index is 480. The topological polar surface area (TPSA) is 117 Å². The SMILES string of the molecule is CCCCCCCCCCCCCCCCNCCCC[C@@H](N)C(=O)NCCCNCCCCNCCCN. The van der Waals surface area contributed by atoms with E-state index in [2.05, 4.69) is 28.2 Å². The van der Waals surface area contributed by atoms with Gasteiger partial charge in [-0.1, -0.05) is 96.8 Å². The lowest BCUT2D eigenvalue weighted by molar-refractivity contribution is -0.122. The van der Waals surface area contributed by atoms with Gasteiger partial charge in [-0.05, 0) is 90.8 Å². The molecule has 0 radical (unpaired) electrons. The summed E-state index contributed by atoms with van der Waals surface area (Å²) in [6.07, 6.45) is 26.9. The van der Waals surface area contributed by atoms with Gasteiger partial charge in [0, 0.05) is 6.54 Å². The van der Waals surface area contributed by atoms with Crippen LogP contribution in [0.25, 0.3) is 0 Å². The zero-order chi connectivity index (χ0) is 28.5. The minimum absolute atomic E-state index is 0.00563. The van der Waals surface area contributed by atoms with Gasteiger partial charge in [-0.15, -0.1) is 0 Å². The summed E-state index contributed by atoms with van der Waals surface area (Å²) in [5.74, 6) is -0.00563. The van der Waals surface area contributed by atoms with Crippen LogP contribution < -0.4 is 32.7 Å². The monoisotopic (exact) mass is 555 g/mol. The third-order valence-electron chi connectivity index (χ3n) is 7.51. The van der Waals surface area contributed by atoms with Gasteiger partial charge in [0.05, 0.1) is 6.04 Å². The van der Waals surface area contributed by atoms with Gasteiger partial charge >= 0.3 is 0 Å². The Morgan fingerprint density at radius 1 is 0.513 bits per heavy atom. The molecule has 0 saturated heterocycles. The molecule has 0 aliphatic carbocycles. The second-order valence-electron chi connectivity index (χ2n) is 11.4. The fraction of sp³-hybridized carbons (Fsp3) is 0.969. The molecule has 0 unspecified atom stereocenters. The molecule has 0 aliphatic heterocycles. The van der Waals surface area contributed by atoms with Crippen molar-refractivity contribution in [1.82, 2.24) is 21.3 Å². The highest BCUT2D eigenvalue weighted by Crippen LogP contribution is 2.12. The summed E-state index contributed by atoms with van der Waals surface area (Å²) in [4.78, 5) is 12.2. The minimum atomic E-state index is -0.379. The molecule has 0 aromatic rings. The van der Waals surface area contributed by atoms with Crippen molar-refractivity contribution < 1.29 is 4.79 Å². The van der Waals surface area contributed by atoms with E-state index in [1.54, 1.807) is 0 Å². The maximum Gasteiger partial charge on any atom is 0.236 e. The zero-order valence-corrected chi connectivity index (χ0v) is 26.1. The van der Waals surface area contributed by atoms with Gasteiger partial charge in [0.25, 0.3) is 0 Å². The first-order valence-corrected chi connectivity index (χ1v) is 17.1. The lowest BCUT2D eigenvalue weighted by atomic mass is 10.0. The predicted molar refractivity (Wildman–Crippen MR) is 171 cm³/mol. The van der Waals surface area contributed by atoms with Crippen LogP contribution in [-0.4, -0.2) is 64.3 Å². The van der Waals surface area contributed by atoms with Crippen molar-refractivity contribution in [1.29, 1.82) is 0 Å². The lowest BCUT2D eigenvalue weighted by Crippen LogP contribution is -2.41. The molecule has 7 nitrogen and oxygen atoms in total. The predicted octanol–water partition coefficient (Wildman–Crippen LogP) is 5.37. The van der Waals surface area contributed by atoms with Crippen LogP contribution in [0.1, 0.15) is 142 Å². The van der Waals surface area contributed by atoms with Crippen LogP contribution in [0.2, 0.25) is 0 Å². The summed E-state index contributed by atoms with van der Waals surface area (Å²) in [5, 5.41) is 13.4. The Hall–Kier alpha value is -0.730. The maximum atomic E-state index is 12.2. The smallest absolute Gasteiger partial charge is 0.236 e. The number of hydrogen-bond donors (Lipinski definition) is 6. The van der Waals surface area contributed by atoms with Crippen LogP contribution in [0.5, 0.6) is 0 Å². The van der Waals surface area contributed by atoms with Gasteiger partial charge in [0.2, 0.25) is 5.91 Å². The average Bonchev–Trinajstić information content (AvgIpc) is 2.94. The summed E-state index contributed by atoms with van der Waals surface area (Å²) in [5.41, 5.74) is 11.5. The fourth-order valence-corrected chi connectivity index (χ4v) is 4.85. The third-order valence-corrected chi connectivity index (χ3v) is 7.51. The highest BCUT2D eigenvalue weighted by Gasteiger charge is 2.11. The van der Waals surface area contributed by atoms with Crippen molar-refractivity contribution in [3.8, 4) is 0 Å². The van der Waals surface area contributed by atoms with Gasteiger partial charge in [-0.3, -0.25) is 4.79 Å². The summed E-state index contributed by atoms with van der Waals surface area (Å²) in [6, 6.07) is -0.379. The van der Waals surface area contributed by atoms with Gasteiger partial charge < -0.3 is 32.7 Å². The van der Waals surface area contributed by atoms with Crippen molar-refractivity contribution in [2.75, 3.05) is 52.4 Å². The average molecular weight is 555 g/mol. The van der Waals surface area contributed by atoms with E-state index in [0.29, 0.717) is 6.54 Å². The molecule has 0 aromatic heterocycles. The summed E-state index contributed by atoms with van der Waals surface area (Å²) < 4.78 is 0. The first-order valence-electron chi connectivity index (χ1n) is 17.1. The van der Waals surface area contributed by atoms with Crippen molar-refractivity contribution >= 4 is 5.91 Å². The Morgan fingerprint density at radius 2 is 0.897 bits per heavy atom. The molecule has 39 heavy (non-hydrogen) atoms. The molecule has 7 heteroatoms. The van der Waals surface area contributed by atoms with Crippen LogP contribution in [0.4, 0.5) is 0 Å². The molecule has 0 aliphatic rings. The normalized spacial score (nSPS) is 12.2. The van der Waals surface area contributed by atoms with Crippen LogP contribution in [0.3, 0.4) is 0 Å². The Balaban J connectivity index is 3.25. The minimum Gasteiger partial charge on any atom is -0.355 e. The quantitative estimate of drug-likeness (QED) is 0.0608. The Kier molecular flexibility index (Phi) is 32.8. The molecule has 1 atom stereocenters. The van der Waals surface area contributed by atoms with Gasteiger partial charge in [0.15, 0.2) is 0 Å². The van der Waals surface area contributed by atoms with E-state index < -0.39 is 0 Å². The second-order valence-corrected chi connectivity index (χ2v) is 11.4. The van der Waals surface area contributed by atoms with E-state index >= 15 is 0 Å². The second kappa shape index (κ2) is 33.5. The fourth-order valence-electron chi connectivity index (χ4n) is 4.85. The van der Waals surface area contributed by atoms with E-state index in [0.717, 1.165) is 77.9 Å². The largest absolute Gasteiger partial charge is 0.355 e. The molecule has 0 spiro atoms. The number of rotatable bonds is 33. The van der Waals surface area contributed by atoms with Crippen LogP contribution in [-0.2, 0) is 4.79 Å². The molecule has 0 saturated carbocycles. The van der Waals surface area contributed by atoms with Gasteiger partial charge in [-0.25, -0.2) is 0 Å². The van der Waals surface area contributed by atoms with Gasteiger partial charge in [-0.2, -0.15) is 0 Å². The van der Waals surface area contributed by atoms with Crippen molar-refractivity contribution in [2.45, 2.75) is 148 Å². The number of nitrogens with two attached hydrogens (primary N) is 2. The first-order chi connectivity index (χ1) is 19.2. The lowest BCUT2D eigenvalue weighted by Gasteiger charge is -2.12. The number of carbonyl (C=O) groups excluding carboxylic acids is 1. The molecule has 0 rings (SSSR count). The van der Waals surface area contributed by atoms with E-state index in [1.807, 2.05) is 0 Å². The van der Waals surface area contributed by atoms with E-state index in [4.69, 9.17) is 11.5 Å². The molecular weight excluding hydrogens is 484 g/mol. The van der Waals surface area contributed by atoms with Crippen LogP contribution >= 0.6 is 0 Å². The van der Waals surface area contributed by atoms with Crippen LogP contribution in [0, 0.1) is 0 Å². The van der Waals surface area contributed by atoms with Crippen molar-refractivity contribution in [3.63, 3.8) is 0 Å². The van der Waals surface area contributed by atoms with Gasteiger partial charge in [0.1, 0.15) is 0 Å². The summed E-state index contributed by atoms with van der Waals surface area (Å²) in [6.45, 7) is 9.92. The van der Waals surface area contributed by atoms with Crippen LogP contribution in [0.15, 0.2) is 0 Å². The summed E-state index contributed by atoms with van der Waals surface area (Å²) in [7, 11) is 0. The Morgan fingerprint density at radius 3 is 1.38 bits per heavy atom. The number of unbranched alkanes of at least 4 members (excludes halogenated alkanes) is 15. The molecule has 0 bridgehead atoms. The number of hydrogen-bond acceptors (Lipinski definition) is 6. The number of nitrogens with one attached hydrogen (secondary N) is 4. The molecule has 0 heterocycles. The zero-order valence-electron chi connectivity index (χ0n) is 26.1. The van der Waals surface area contributed by atoms with E-state index in [-0.39, 0.29) is 11.9 Å². The molecule has 0 fully saturated rings. The molecule has 234 valence electrons. The molecular formula is C32H70N6O. The number of amides is 1. The van der Waals surface area contributed by atoms with E-state index in [9.17, 15) is 4.79 Å². The molecule has 0 aromatic carbocycles. The molecule has 8 N–H and O–H groups in total. The highest BCUT2D eigenvalue weighted by atomic mass is 16.2. The Labute approximate surface area is 243 Å².